The normalized spacial score (nSPS) is 15.5. The minimum Gasteiger partial charge on any atom is -0.494 e. The Morgan fingerprint density at radius 2 is 1.69 bits per heavy atom. The van der Waals surface area contributed by atoms with Gasteiger partial charge in [-0.2, -0.15) is 0 Å². The minimum absolute atomic E-state index is 0.0262. The highest BCUT2D eigenvalue weighted by molar-refractivity contribution is 5.78. The molecule has 0 aliphatic carbocycles. The standard InChI is InChI=1S/C23H30N2O4/c1-2-14-28-20-8-10-21(11-9-20)29-18-23(26)24-22(19-6-4-3-5-7-19)17-25-12-15-27-16-13-25/h3-11,22H,2,12-18H2,1H3,(H,24,26). The van der Waals surface area contributed by atoms with E-state index in [9.17, 15) is 4.79 Å². The highest BCUT2D eigenvalue weighted by Gasteiger charge is 2.20. The quantitative estimate of drug-likeness (QED) is 0.667. The Bertz CT molecular complexity index is 730. The molecule has 1 atom stereocenters. The molecule has 3 rings (SSSR count). The van der Waals surface area contributed by atoms with E-state index in [1.165, 1.54) is 0 Å². The number of amides is 1. The molecule has 1 N–H and O–H groups in total. The van der Waals surface area contributed by atoms with Crippen LogP contribution in [0.2, 0.25) is 0 Å². The van der Waals surface area contributed by atoms with Crippen molar-refractivity contribution in [3.63, 3.8) is 0 Å². The van der Waals surface area contributed by atoms with Crippen LogP contribution in [0, 0.1) is 0 Å². The summed E-state index contributed by atoms with van der Waals surface area (Å²) in [7, 11) is 0. The molecule has 29 heavy (non-hydrogen) atoms. The summed E-state index contributed by atoms with van der Waals surface area (Å²) >= 11 is 0. The Morgan fingerprint density at radius 3 is 2.34 bits per heavy atom. The lowest BCUT2D eigenvalue weighted by Crippen LogP contribution is -2.44. The van der Waals surface area contributed by atoms with Crippen molar-refractivity contribution >= 4 is 5.91 Å². The van der Waals surface area contributed by atoms with Gasteiger partial charge in [0.05, 0.1) is 25.9 Å². The second-order valence-corrected chi connectivity index (χ2v) is 7.05. The topological polar surface area (TPSA) is 60.0 Å². The summed E-state index contributed by atoms with van der Waals surface area (Å²) in [5, 5.41) is 3.12. The van der Waals surface area contributed by atoms with Crippen molar-refractivity contribution in [1.82, 2.24) is 10.2 Å². The summed E-state index contributed by atoms with van der Waals surface area (Å²) in [5.41, 5.74) is 1.09. The van der Waals surface area contributed by atoms with Crippen molar-refractivity contribution in [1.29, 1.82) is 0 Å². The molecule has 2 aromatic rings. The monoisotopic (exact) mass is 398 g/mol. The first-order valence-electron chi connectivity index (χ1n) is 10.2. The zero-order chi connectivity index (χ0) is 20.3. The van der Waals surface area contributed by atoms with Gasteiger partial charge in [0, 0.05) is 19.6 Å². The van der Waals surface area contributed by atoms with Crippen LogP contribution < -0.4 is 14.8 Å². The molecule has 1 aliphatic rings. The van der Waals surface area contributed by atoms with Gasteiger partial charge in [0.25, 0.3) is 5.91 Å². The Morgan fingerprint density at radius 1 is 1.03 bits per heavy atom. The van der Waals surface area contributed by atoms with Gasteiger partial charge in [-0.25, -0.2) is 0 Å². The van der Waals surface area contributed by atoms with Crippen molar-refractivity contribution in [2.45, 2.75) is 19.4 Å². The van der Waals surface area contributed by atoms with E-state index in [0.717, 1.165) is 50.6 Å². The molecule has 1 fully saturated rings. The second kappa shape index (κ2) is 11.4. The lowest BCUT2D eigenvalue weighted by atomic mass is 10.1. The number of rotatable bonds is 10. The van der Waals surface area contributed by atoms with Crippen LogP contribution in [0.4, 0.5) is 0 Å². The SMILES string of the molecule is CCCOc1ccc(OCC(=O)NC(CN2CCOCC2)c2ccccc2)cc1. The number of carbonyl (C=O) groups excluding carboxylic acids is 1. The molecule has 1 aliphatic heterocycles. The number of benzene rings is 2. The fourth-order valence-corrected chi connectivity index (χ4v) is 3.20. The first-order valence-corrected chi connectivity index (χ1v) is 10.2. The Hall–Kier alpha value is -2.57. The zero-order valence-electron chi connectivity index (χ0n) is 17.0. The molecular formula is C23H30N2O4. The molecule has 0 spiro atoms. The maximum atomic E-state index is 12.5. The van der Waals surface area contributed by atoms with Crippen molar-refractivity contribution in [3.8, 4) is 11.5 Å². The van der Waals surface area contributed by atoms with Crippen LogP contribution in [0.3, 0.4) is 0 Å². The van der Waals surface area contributed by atoms with Gasteiger partial charge in [-0.15, -0.1) is 0 Å². The van der Waals surface area contributed by atoms with Crippen molar-refractivity contribution < 1.29 is 19.0 Å². The van der Waals surface area contributed by atoms with E-state index in [1.807, 2.05) is 54.6 Å². The van der Waals surface area contributed by atoms with Gasteiger partial charge in [-0.3, -0.25) is 9.69 Å². The largest absolute Gasteiger partial charge is 0.494 e. The number of hydrogen-bond donors (Lipinski definition) is 1. The number of carbonyl (C=O) groups is 1. The van der Waals surface area contributed by atoms with Gasteiger partial charge in [0.2, 0.25) is 0 Å². The Labute approximate surface area is 172 Å². The lowest BCUT2D eigenvalue weighted by molar-refractivity contribution is -0.124. The molecule has 1 amide bonds. The third kappa shape index (κ3) is 7.07. The number of hydrogen-bond acceptors (Lipinski definition) is 5. The summed E-state index contributed by atoms with van der Waals surface area (Å²) in [4.78, 5) is 14.9. The molecule has 1 unspecified atom stereocenters. The number of ether oxygens (including phenoxy) is 3. The molecule has 0 bridgehead atoms. The molecule has 0 aromatic heterocycles. The molecule has 2 aromatic carbocycles. The third-order valence-corrected chi connectivity index (χ3v) is 4.75. The Kier molecular flexibility index (Phi) is 8.34. The smallest absolute Gasteiger partial charge is 0.258 e. The zero-order valence-corrected chi connectivity index (χ0v) is 17.0. The van der Waals surface area contributed by atoms with E-state index in [1.54, 1.807) is 0 Å². The van der Waals surface area contributed by atoms with E-state index in [0.29, 0.717) is 12.4 Å². The first kappa shape index (κ1) is 21.1. The van der Waals surface area contributed by atoms with Gasteiger partial charge >= 0.3 is 0 Å². The lowest BCUT2D eigenvalue weighted by Gasteiger charge is -2.31. The highest BCUT2D eigenvalue weighted by atomic mass is 16.5. The fourth-order valence-electron chi connectivity index (χ4n) is 3.20. The maximum Gasteiger partial charge on any atom is 0.258 e. The summed E-state index contributed by atoms with van der Waals surface area (Å²) in [6, 6.07) is 17.3. The van der Waals surface area contributed by atoms with Crippen LogP contribution in [-0.4, -0.2) is 56.9 Å². The van der Waals surface area contributed by atoms with E-state index < -0.39 is 0 Å². The van der Waals surface area contributed by atoms with Crippen LogP contribution in [0.15, 0.2) is 54.6 Å². The van der Waals surface area contributed by atoms with Crippen LogP contribution in [0.25, 0.3) is 0 Å². The highest BCUT2D eigenvalue weighted by Crippen LogP contribution is 2.18. The molecule has 156 valence electrons. The Balaban J connectivity index is 1.53. The molecular weight excluding hydrogens is 368 g/mol. The number of nitrogens with one attached hydrogen (secondary N) is 1. The fraction of sp³-hybridized carbons (Fsp3) is 0.435. The summed E-state index contributed by atoms with van der Waals surface area (Å²) in [6.45, 7) is 6.70. The predicted octanol–water partition coefficient (Wildman–Crippen LogP) is 3.04. The van der Waals surface area contributed by atoms with Gasteiger partial charge in [0.15, 0.2) is 6.61 Å². The van der Waals surface area contributed by atoms with Crippen molar-refractivity contribution in [2.24, 2.45) is 0 Å². The average molecular weight is 399 g/mol. The van der Waals surface area contributed by atoms with Gasteiger partial charge < -0.3 is 19.5 Å². The predicted molar refractivity (Wildman–Crippen MR) is 112 cm³/mol. The van der Waals surface area contributed by atoms with Gasteiger partial charge in [-0.1, -0.05) is 37.3 Å². The summed E-state index contributed by atoms with van der Waals surface area (Å²) < 4.78 is 16.6. The van der Waals surface area contributed by atoms with E-state index >= 15 is 0 Å². The van der Waals surface area contributed by atoms with Crippen LogP contribution in [0.1, 0.15) is 24.9 Å². The minimum atomic E-state index is -0.140. The molecule has 6 nitrogen and oxygen atoms in total. The van der Waals surface area contributed by atoms with Crippen molar-refractivity contribution in [3.05, 3.63) is 60.2 Å². The molecule has 0 radical (unpaired) electrons. The molecule has 0 saturated carbocycles. The summed E-state index contributed by atoms with van der Waals surface area (Å²) in [6.07, 6.45) is 0.964. The van der Waals surface area contributed by atoms with Gasteiger partial charge in [-0.05, 0) is 36.2 Å². The van der Waals surface area contributed by atoms with E-state index in [2.05, 4.69) is 17.1 Å². The number of nitrogens with zero attached hydrogens (tertiary/aromatic N) is 1. The van der Waals surface area contributed by atoms with E-state index in [4.69, 9.17) is 14.2 Å². The average Bonchev–Trinajstić information content (AvgIpc) is 2.78. The van der Waals surface area contributed by atoms with Crippen molar-refractivity contribution in [2.75, 3.05) is 46.1 Å². The summed E-state index contributed by atoms with van der Waals surface area (Å²) in [5.74, 6) is 1.31. The van der Waals surface area contributed by atoms with E-state index in [-0.39, 0.29) is 18.6 Å². The first-order chi connectivity index (χ1) is 14.2. The second-order valence-electron chi connectivity index (χ2n) is 7.05. The molecule has 1 saturated heterocycles. The molecule has 1 heterocycles. The van der Waals surface area contributed by atoms with Crippen LogP contribution >= 0.6 is 0 Å². The number of morpholine rings is 1. The van der Waals surface area contributed by atoms with Crippen LogP contribution in [-0.2, 0) is 9.53 Å². The third-order valence-electron chi connectivity index (χ3n) is 4.75. The maximum absolute atomic E-state index is 12.5. The van der Waals surface area contributed by atoms with Crippen LogP contribution in [0.5, 0.6) is 11.5 Å². The van der Waals surface area contributed by atoms with Gasteiger partial charge in [0.1, 0.15) is 11.5 Å². The molecule has 6 heteroatoms.